The van der Waals surface area contributed by atoms with Crippen LogP contribution in [0.1, 0.15) is 39.7 Å². The minimum Gasteiger partial charge on any atom is -0.462 e. The lowest BCUT2D eigenvalue weighted by Crippen LogP contribution is -2.30. The fourth-order valence-corrected chi connectivity index (χ4v) is 4.57. The molecule has 1 N–H and O–H groups in total. The van der Waals surface area contributed by atoms with Gasteiger partial charge in [0.1, 0.15) is 10.8 Å². The number of esters is 1. The van der Waals surface area contributed by atoms with Gasteiger partial charge < -0.3 is 10.1 Å². The first-order valence-corrected chi connectivity index (χ1v) is 9.84. The molecule has 7 heteroatoms. The van der Waals surface area contributed by atoms with Crippen molar-refractivity contribution < 1.29 is 18.7 Å². The van der Waals surface area contributed by atoms with Crippen molar-refractivity contribution in [3.63, 3.8) is 0 Å². The van der Waals surface area contributed by atoms with Crippen molar-refractivity contribution in [3.05, 3.63) is 51.7 Å². The molecule has 144 valence electrons. The van der Waals surface area contributed by atoms with E-state index in [0.717, 1.165) is 35.3 Å². The zero-order valence-corrected chi connectivity index (χ0v) is 16.3. The Hall–Kier alpha value is -2.25. The summed E-state index contributed by atoms with van der Waals surface area (Å²) in [4.78, 5) is 27.8. The van der Waals surface area contributed by atoms with Gasteiger partial charge in [-0.15, -0.1) is 11.3 Å². The van der Waals surface area contributed by atoms with Crippen molar-refractivity contribution in [2.75, 3.05) is 25.5 Å². The fraction of sp³-hybridized carbons (Fsp3) is 0.400. The molecule has 1 aromatic heterocycles. The molecule has 0 unspecified atom stereocenters. The number of amides is 1. The molecule has 1 amide bonds. The Labute approximate surface area is 162 Å². The maximum atomic E-state index is 13.0. The molecular weight excluding hydrogens is 367 g/mol. The number of fused-ring (bicyclic) bond motifs is 1. The molecule has 0 saturated heterocycles. The van der Waals surface area contributed by atoms with E-state index >= 15 is 0 Å². The topological polar surface area (TPSA) is 58.6 Å². The average molecular weight is 390 g/mol. The highest BCUT2D eigenvalue weighted by Gasteiger charge is 2.28. The third kappa shape index (κ3) is 4.73. The number of hydrogen-bond donors (Lipinski definition) is 1. The first-order chi connectivity index (χ1) is 13.0. The number of thiophene rings is 1. The maximum absolute atomic E-state index is 13.0. The maximum Gasteiger partial charge on any atom is 0.341 e. The van der Waals surface area contributed by atoms with Crippen LogP contribution in [-0.2, 0) is 28.9 Å². The average Bonchev–Trinajstić information content (AvgIpc) is 3.17. The number of aryl methyl sites for hydroxylation is 1. The van der Waals surface area contributed by atoms with Crippen LogP contribution >= 0.6 is 11.3 Å². The number of nitrogens with one attached hydrogen (secondary N) is 1. The monoisotopic (exact) mass is 390 g/mol. The summed E-state index contributed by atoms with van der Waals surface area (Å²) in [6.45, 7) is 2.77. The van der Waals surface area contributed by atoms with E-state index in [1.165, 1.54) is 23.5 Å². The van der Waals surface area contributed by atoms with Crippen LogP contribution in [0.3, 0.4) is 0 Å². The Morgan fingerprint density at radius 1 is 1.26 bits per heavy atom. The summed E-state index contributed by atoms with van der Waals surface area (Å²) in [6, 6.07) is 6.21. The normalized spacial score (nSPS) is 12.9. The van der Waals surface area contributed by atoms with E-state index in [4.69, 9.17) is 4.74 Å². The Morgan fingerprint density at radius 3 is 2.70 bits per heavy atom. The molecule has 3 rings (SSSR count). The minimum absolute atomic E-state index is 0.169. The second kappa shape index (κ2) is 8.63. The number of carbonyl (C=O) groups excluding carboxylic acids is 2. The predicted molar refractivity (Wildman–Crippen MR) is 104 cm³/mol. The van der Waals surface area contributed by atoms with Gasteiger partial charge in [-0.05, 0) is 56.5 Å². The van der Waals surface area contributed by atoms with Gasteiger partial charge in [-0.1, -0.05) is 12.1 Å². The second-order valence-corrected chi connectivity index (χ2v) is 7.73. The van der Waals surface area contributed by atoms with Crippen molar-refractivity contribution in [2.45, 2.75) is 32.7 Å². The molecule has 0 radical (unpaired) electrons. The van der Waals surface area contributed by atoms with Crippen LogP contribution in [0.15, 0.2) is 24.3 Å². The molecule has 0 saturated carbocycles. The highest BCUT2D eigenvalue weighted by Crippen LogP contribution is 2.39. The zero-order valence-electron chi connectivity index (χ0n) is 15.5. The first-order valence-electron chi connectivity index (χ1n) is 9.02. The van der Waals surface area contributed by atoms with E-state index in [9.17, 15) is 14.0 Å². The number of halogens is 1. The molecule has 0 atom stereocenters. The number of ether oxygens (including phenoxy) is 1. The van der Waals surface area contributed by atoms with Crippen molar-refractivity contribution in [1.29, 1.82) is 0 Å². The van der Waals surface area contributed by atoms with Gasteiger partial charge in [0, 0.05) is 11.4 Å². The van der Waals surface area contributed by atoms with E-state index in [1.54, 1.807) is 19.1 Å². The van der Waals surface area contributed by atoms with Crippen LogP contribution < -0.4 is 5.32 Å². The Bertz CT molecular complexity index is 832. The van der Waals surface area contributed by atoms with Crippen LogP contribution in [-0.4, -0.2) is 37.0 Å². The molecule has 2 aromatic rings. The van der Waals surface area contributed by atoms with Crippen LogP contribution in [0.4, 0.5) is 9.39 Å². The van der Waals surface area contributed by atoms with Gasteiger partial charge in [0.2, 0.25) is 5.91 Å². The minimum atomic E-state index is -0.369. The molecule has 27 heavy (non-hydrogen) atoms. The van der Waals surface area contributed by atoms with Gasteiger partial charge in [0.25, 0.3) is 0 Å². The van der Waals surface area contributed by atoms with Gasteiger partial charge in [0.05, 0.1) is 18.7 Å². The first kappa shape index (κ1) is 19.5. The molecule has 1 aliphatic rings. The third-order valence-corrected chi connectivity index (χ3v) is 5.64. The van der Waals surface area contributed by atoms with Gasteiger partial charge in [-0.2, -0.15) is 0 Å². The number of rotatable bonds is 7. The molecule has 1 aliphatic carbocycles. The molecular formula is C20H23FN2O3S. The summed E-state index contributed by atoms with van der Waals surface area (Å²) in [5, 5.41) is 3.46. The quantitative estimate of drug-likeness (QED) is 0.734. The number of hydrogen-bond acceptors (Lipinski definition) is 5. The van der Waals surface area contributed by atoms with Gasteiger partial charge in [-0.25, -0.2) is 9.18 Å². The summed E-state index contributed by atoms with van der Waals surface area (Å²) in [6.07, 6.45) is 2.81. The van der Waals surface area contributed by atoms with Crippen molar-refractivity contribution in [1.82, 2.24) is 4.90 Å². The number of nitrogens with zero attached hydrogens (tertiary/aromatic N) is 1. The van der Waals surface area contributed by atoms with E-state index in [2.05, 4.69) is 5.32 Å². The van der Waals surface area contributed by atoms with Crippen LogP contribution in [0.2, 0.25) is 0 Å². The summed E-state index contributed by atoms with van der Waals surface area (Å²) in [7, 11) is 1.82. The second-order valence-electron chi connectivity index (χ2n) is 6.63. The third-order valence-electron chi connectivity index (χ3n) is 4.43. The van der Waals surface area contributed by atoms with Crippen molar-refractivity contribution in [2.24, 2.45) is 0 Å². The largest absolute Gasteiger partial charge is 0.462 e. The van der Waals surface area contributed by atoms with Crippen molar-refractivity contribution >= 4 is 28.2 Å². The molecule has 1 heterocycles. The summed E-state index contributed by atoms with van der Waals surface area (Å²) in [5.74, 6) is -0.840. The van der Waals surface area contributed by atoms with E-state index in [0.29, 0.717) is 23.7 Å². The SMILES string of the molecule is CCOC(=O)c1c(NC(=O)CN(C)Cc2ccc(F)cc2)sc2c1CCC2. The zero-order chi connectivity index (χ0) is 19.4. The number of likely N-dealkylation sites (N-methyl/N-ethyl adjacent to an activating group) is 1. The predicted octanol–water partition coefficient (Wildman–Crippen LogP) is 3.62. The molecule has 0 fully saturated rings. The van der Waals surface area contributed by atoms with E-state index in [-0.39, 0.29) is 24.2 Å². The molecule has 0 aliphatic heterocycles. The fourth-order valence-electron chi connectivity index (χ4n) is 3.28. The summed E-state index contributed by atoms with van der Waals surface area (Å²) >= 11 is 1.47. The lowest BCUT2D eigenvalue weighted by Gasteiger charge is -2.16. The number of anilines is 1. The number of benzene rings is 1. The van der Waals surface area contributed by atoms with E-state index in [1.807, 2.05) is 11.9 Å². The Balaban J connectivity index is 1.65. The van der Waals surface area contributed by atoms with Crippen molar-refractivity contribution in [3.8, 4) is 0 Å². The number of carbonyl (C=O) groups is 2. The van der Waals surface area contributed by atoms with Gasteiger partial charge in [0.15, 0.2) is 0 Å². The standard InChI is InChI=1S/C20H23FN2O3S/c1-3-26-20(25)18-15-5-4-6-16(15)27-19(18)22-17(24)12-23(2)11-13-7-9-14(21)10-8-13/h7-10H,3-6,11-12H2,1-2H3,(H,22,24). The Kier molecular flexibility index (Phi) is 6.23. The Morgan fingerprint density at radius 2 is 2.00 bits per heavy atom. The lowest BCUT2D eigenvalue weighted by atomic mass is 10.1. The molecule has 5 nitrogen and oxygen atoms in total. The van der Waals surface area contributed by atoms with Gasteiger partial charge >= 0.3 is 5.97 Å². The highest BCUT2D eigenvalue weighted by molar-refractivity contribution is 7.17. The molecule has 0 bridgehead atoms. The van der Waals surface area contributed by atoms with Crippen LogP contribution in [0.5, 0.6) is 0 Å². The van der Waals surface area contributed by atoms with E-state index < -0.39 is 0 Å². The van der Waals surface area contributed by atoms with Gasteiger partial charge in [-0.3, -0.25) is 9.69 Å². The summed E-state index contributed by atoms with van der Waals surface area (Å²) in [5.41, 5.74) is 2.46. The van der Waals surface area contributed by atoms with Crippen LogP contribution in [0.25, 0.3) is 0 Å². The molecule has 0 spiro atoms. The lowest BCUT2D eigenvalue weighted by molar-refractivity contribution is -0.117. The molecule has 1 aromatic carbocycles. The highest BCUT2D eigenvalue weighted by atomic mass is 32.1. The van der Waals surface area contributed by atoms with Crippen LogP contribution in [0, 0.1) is 5.82 Å². The smallest absolute Gasteiger partial charge is 0.341 e. The summed E-state index contributed by atoms with van der Waals surface area (Å²) < 4.78 is 18.2.